The van der Waals surface area contributed by atoms with Crippen LogP contribution in [0.4, 0.5) is 10.1 Å². The van der Waals surface area contributed by atoms with Gasteiger partial charge in [0.05, 0.1) is 10.6 Å². The molecule has 0 aromatic heterocycles. The number of carbonyl (C=O) groups excluding carboxylic acids is 2. The zero-order valence-corrected chi connectivity index (χ0v) is 19.4. The van der Waals surface area contributed by atoms with Gasteiger partial charge in [-0.2, -0.15) is 0 Å². The molecule has 1 heterocycles. The van der Waals surface area contributed by atoms with Gasteiger partial charge in [-0.1, -0.05) is 30.3 Å². The number of piperazine rings is 1. The van der Waals surface area contributed by atoms with Gasteiger partial charge in [-0.25, -0.2) is 12.8 Å². The number of hydrogen-bond donors (Lipinski definition) is 0. The van der Waals surface area contributed by atoms with Crippen molar-refractivity contribution in [3.63, 3.8) is 0 Å². The molecule has 0 unspecified atom stereocenters. The Morgan fingerprint density at radius 3 is 1.85 bits per heavy atom. The van der Waals surface area contributed by atoms with Crippen LogP contribution in [0.1, 0.15) is 20.7 Å². The van der Waals surface area contributed by atoms with Crippen molar-refractivity contribution in [3.8, 4) is 0 Å². The smallest absolute Gasteiger partial charge is 0.264 e. The van der Waals surface area contributed by atoms with Crippen molar-refractivity contribution >= 4 is 27.5 Å². The summed E-state index contributed by atoms with van der Waals surface area (Å²) < 4.78 is 40.8. The van der Waals surface area contributed by atoms with Crippen molar-refractivity contribution in [2.24, 2.45) is 0 Å². The van der Waals surface area contributed by atoms with E-state index in [0.29, 0.717) is 31.9 Å². The normalized spacial score (nSPS) is 14.1. The molecule has 1 aliphatic heterocycles. The molecule has 2 amide bonds. The lowest BCUT2D eigenvalue weighted by Crippen LogP contribution is -2.50. The first-order chi connectivity index (χ1) is 16.3. The zero-order valence-electron chi connectivity index (χ0n) is 18.6. The number of sulfonamides is 1. The minimum atomic E-state index is -3.85. The number of carbonyl (C=O) groups is 2. The van der Waals surface area contributed by atoms with Crippen LogP contribution in [0.5, 0.6) is 0 Å². The summed E-state index contributed by atoms with van der Waals surface area (Å²) in [6.45, 7) is 1.19. The Labute approximate surface area is 198 Å². The van der Waals surface area contributed by atoms with E-state index >= 15 is 0 Å². The highest BCUT2D eigenvalue weighted by Crippen LogP contribution is 2.23. The first kappa shape index (κ1) is 23.4. The quantitative estimate of drug-likeness (QED) is 0.561. The standard InChI is InChI=1S/C25H24FN3O4S/c1-27(22-10-3-2-4-11-22)34(32,33)23-12-6-8-20(18-23)25(31)29-15-13-28(14-16-29)24(30)19-7-5-9-21(26)17-19/h2-12,17-18H,13-16H2,1H3. The number of rotatable bonds is 5. The topological polar surface area (TPSA) is 78.0 Å². The third-order valence-corrected chi connectivity index (χ3v) is 7.57. The molecule has 0 radical (unpaired) electrons. The minimum absolute atomic E-state index is 0.0182. The molecular weight excluding hydrogens is 457 g/mol. The molecule has 0 spiro atoms. The molecule has 1 fully saturated rings. The number of amides is 2. The molecule has 3 aromatic rings. The fraction of sp³-hybridized carbons (Fsp3) is 0.200. The van der Waals surface area contributed by atoms with Crippen molar-refractivity contribution in [1.29, 1.82) is 0 Å². The van der Waals surface area contributed by atoms with Gasteiger partial charge < -0.3 is 9.80 Å². The van der Waals surface area contributed by atoms with Crippen molar-refractivity contribution < 1.29 is 22.4 Å². The second kappa shape index (κ2) is 9.64. The SMILES string of the molecule is CN(c1ccccc1)S(=O)(=O)c1cccc(C(=O)N2CCN(C(=O)c3cccc(F)c3)CC2)c1. The highest BCUT2D eigenvalue weighted by Gasteiger charge is 2.27. The first-order valence-corrected chi connectivity index (χ1v) is 12.2. The van der Waals surface area contributed by atoms with Crippen LogP contribution in [-0.4, -0.2) is 63.3 Å². The average Bonchev–Trinajstić information content (AvgIpc) is 2.88. The summed E-state index contributed by atoms with van der Waals surface area (Å²) in [4.78, 5) is 28.9. The molecule has 3 aromatic carbocycles. The third-order valence-electron chi connectivity index (χ3n) is 5.78. The molecule has 0 atom stereocenters. The van der Waals surface area contributed by atoms with E-state index in [4.69, 9.17) is 0 Å². The zero-order chi connectivity index (χ0) is 24.3. The molecule has 34 heavy (non-hydrogen) atoms. The van der Waals surface area contributed by atoms with Gasteiger partial charge in [-0.05, 0) is 48.5 Å². The lowest BCUT2D eigenvalue weighted by atomic mass is 10.1. The Morgan fingerprint density at radius 1 is 0.765 bits per heavy atom. The maximum absolute atomic E-state index is 13.4. The van der Waals surface area contributed by atoms with Crippen LogP contribution in [0.15, 0.2) is 83.8 Å². The molecule has 9 heteroatoms. The van der Waals surface area contributed by atoms with E-state index in [1.807, 2.05) is 0 Å². The van der Waals surface area contributed by atoms with Crippen molar-refractivity contribution in [2.45, 2.75) is 4.90 Å². The molecule has 0 bridgehead atoms. The Morgan fingerprint density at radius 2 is 1.29 bits per heavy atom. The highest BCUT2D eigenvalue weighted by atomic mass is 32.2. The summed E-state index contributed by atoms with van der Waals surface area (Å²) in [6.07, 6.45) is 0. The molecule has 1 saturated heterocycles. The van der Waals surface area contributed by atoms with E-state index in [1.54, 1.807) is 58.3 Å². The van der Waals surface area contributed by atoms with E-state index in [9.17, 15) is 22.4 Å². The van der Waals surface area contributed by atoms with Gasteiger partial charge in [-0.15, -0.1) is 0 Å². The van der Waals surface area contributed by atoms with Gasteiger partial charge in [0.25, 0.3) is 21.8 Å². The summed E-state index contributed by atoms with van der Waals surface area (Å²) in [5.41, 5.74) is 1.03. The van der Waals surface area contributed by atoms with Gasteiger partial charge in [0.1, 0.15) is 5.82 Å². The van der Waals surface area contributed by atoms with Gasteiger partial charge in [-0.3, -0.25) is 13.9 Å². The number of anilines is 1. The maximum atomic E-state index is 13.4. The van der Waals surface area contributed by atoms with Gasteiger partial charge in [0.15, 0.2) is 0 Å². The average molecular weight is 482 g/mol. The number of nitrogens with zero attached hydrogens (tertiary/aromatic N) is 3. The van der Waals surface area contributed by atoms with E-state index in [1.165, 1.54) is 41.7 Å². The Hall–Kier alpha value is -3.72. The number of hydrogen-bond acceptors (Lipinski definition) is 4. The highest BCUT2D eigenvalue weighted by molar-refractivity contribution is 7.92. The summed E-state index contributed by atoms with van der Waals surface area (Å²) in [6, 6.07) is 20.2. The van der Waals surface area contributed by atoms with E-state index in [2.05, 4.69) is 0 Å². The summed E-state index contributed by atoms with van der Waals surface area (Å²) in [7, 11) is -2.39. The van der Waals surface area contributed by atoms with Crippen LogP contribution in [-0.2, 0) is 10.0 Å². The summed E-state index contributed by atoms with van der Waals surface area (Å²) in [5, 5.41) is 0. The largest absolute Gasteiger partial charge is 0.335 e. The van der Waals surface area contributed by atoms with Crippen LogP contribution >= 0.6 is 0 Å². The first-order valence-electron chi connectivity index (χ1n) is 10.8. The molecule has 0 N–H and O–H groups in total. The maximum Gasteiger partial charge on any atom is 0.264 e. The Bertz CT molecular complexity index is 1310. The van der Waals surface area contributed by atoms with E-state index < -0.39 is 15.8 Å². The summed E-state index contributed by atoms with van der Waals surface area (Å²) in [5.74, 6) is -1.08. The molecule has 1 aliphatic rings. The second-order valence-electron chi connectivity index (χ2n) is 7.93. The van der Waals surface area contributed by atoms with Crippen LogP contribution in [0.3, 0.4) is 0 Å². The van der Waals surface area contributed by atoms with E-state index in [-0.39, 0.29) is 27.8 Å². The van der Waals surface area contributed by atoms with Crippen LogP contribution in [0.2, 0.25) is 0 Å². The van der Waals surface area contributed by atoms with E-state index in [0.717, 1.165) is 0 Å². The molecule has 0 saturated carbocycles. The monoisotopic (exact) mass is 481 g/mol. The van der Waals surface area contributed by atoms with Crippen LogP contribution in [0, 0.1) is 5.82 Å². The lowest BCUT2D eigenvalue weighted by Gasteiger charge is -2.35. The van der Waals surface area contributed by atoms with Gasteiger partial charge >= 0.3 is 0 Å². The van der Waals surface area contributed by atoms with Gasteiger partial charge in [0, 0.05) is 44.4 Å². The lowest BCUT2D eigenvalue weighted by molar-refractivity contribution is 0.0535. The van der Waals surface area contributed by atoms with Crippen molar-refractivity contribution in [2.75, 3.05) is 37.5 Å². The van der Waals surface area contributed by atoms with Crippen LogP contribution in [0.25, 0.3) is 0 Å². The number of benzene rings is 3. The molecule has 0 aliphatic carbocycles. The number of para-hydroxylation sites is 1. The predicted molar refractivity (Wildman–Crippen MR) is 127 cm³/mol. The second-order valence-corrected chi connectivity index (χ2v) is 9.90. The fourth-order valence-electron chi connectivity index (χ4n) is 3.82. The Kier molecular flexibility index (Phi) is 6.65. The molecule has 176 valence electrons. The minimum Gasteiger partial charge on any atom is -0.335 e. The molecular formula is C25H24FN3O4S. The van der Waals surface area contributed by atoms with Crippen molar-refractivity contribution in [3.05, 3.63) is 95.8 Å². The Balaban J connectivity index is 1.45. The predicted octanol–water partition coefficient (Wildman–Crippen LogP) is 3.25. The molecule has 7 nitrogen and oxygen atoms in total. The summed E-state index contributed by atoms with van der Waals surface area (Å²) >= 11 is 0. The van der Waals surface area contributed by atoms with Crippen LogP contribution < -0.4 is 4.31 Å². The number of halogens is 1. The fourth-order valence-corrected chi connectivity index (χ4v) is 5.07. The third kappa shape index (κ3) is 4.79. The van der Waals surface area contributed by atoms with Gasteiger partial charge in [0.2, 0.25) is 0 Å². The molecule has 4 rings (SSSR count). The van der Waals surface area contributed by atoms with Crippen molar-refractivity contribution in [1.82, 2.24) is 9.80 Å².